The lowest BCUT2D eigenvalue weighted by Gasteiger charge is -2.29. The number of amides is 3. The van der Waals surface area contributed by atoms with Crippen molar-refractivity contribution >= 4 is 28.5 Å². The second-order valence-corrected chi connectivity index (χ2v) is 9.11. The number of rotatable bonds is 5. The molecule has 8 heteroatoms. The SMILES string of the molecule is CC(C)C1CCCN1C(=O)CN1CCN(c2cccc3c2cnn3-c2ccccc2F)C1=O. The third-order valence-corrected chi connectivity index (χ3v) is 6.77. The molecule has 3 amide bonds. The molecule has 0 aliphatic carbocycles. The van der Waals surface area contributed by atoms with E-state index in [4.69, 9.17) is 0 Å². The number of likely N-dealkylation sites (tertiary alicyclic amines) is 1. The molecule has 2 aromatic carbocycles. The second kappa shape index (κ2) is 8.50. The Bertz CT molecular complexity index is 1210. The molecule has 2 fully saturated rings. The monoisotopic (exact) mass is 449 g/mol. The molecule has 2 aliphatic rings. The van der Waals surface area contributed by atoms with E-state index in [0.29, 0.717) is 24.7 Å². The van der Waals surface area contributed by atoms with Crippen molar-refractivity contribution in [2.75, 3.05) is 31.1 Å². The van der Waals surface area contributed by atoms with Gasteiger partial charge in [-0.2, -0.15) is 5.10 Å². The minimum absolute atomic E-state index is 0.0204. The zero-order chi connectivity index (χ0) is 23.1. The number of hydrogen-bond donors (Lipinski definition) is 0. The van der Waals surface area contributed by atoms with Crippen LogP contribution in [-0.2, 0) is 4.79 Å². The molecule has 0 N–H and O–H groups in total. The largest absolute Gasteiger partial charge is 0.338 e. The Morgan fingerprint density at radius 2 is 1.88 bits per heavy atom. The molecule has 3 heterocycles. The number of nitrogens with zero attached hydrogens (tertiary/aromatic N) is 5. The number of anilines is 1. The fourth-order valence-corrected chi connectivity index (χ4v) is 5.09. The van der Waals surface area contributed by atoms with Gasteiger partial charge in [0.2, 0.25) is 5.91 Å². The Morgan fingerprint density at radius 3 is 2.67 bits per heavy atom. The summed E-state index contributed by atoms with van der Waals surface area (Å²) < 4.78 is 15.9. The summed E-state index contributed by atoms with van der Waals surface area (Å²) in [5.41, 5.74) is 1.79. The van der Waals surface area contributed by atoms with E-state index >= 15 is 0 Å². The molecule has 2 saturated heterocycles. The van der Waals surface area contributed by atoms with Gasteiger partial charge in [0.25, 0.3) is 0 Å². The fourth-order valence-electron chi connectivity index (χ4n) is 5.09. The van der Waals surface area contributed by atoms with E-state index in [-0.39, 0.29) is 30.3 Å². The van der Waals surface area contributed by atoms with Gasteiger partial charge < -0.3 is 9.80 Å². The van der Waals surface area contributed by atoms with Crippen LogP contribution in [0, 0.1) is 11.7 Å². The first kappa shape index (κ1) is 21.4. The van der Waals surface area contributed by atoms with E-state index in [0.717, 1.165) is 36.0 Å². The first-order chi connectivity index (χ1) is 16.0. The molecule has 1 atom stereocenters. The molecule has 0 spiro atoms. The van der Waals surface area contributed by atoms with Crippen molar-refractivity contribution in [2.24, 2.45) is 5.92 Å². The van der Waals surface area contributed by atoms with E-state index in [9.17, 15) is 14.0 Å². The maximum atomic E-state index is 14.4. The zero-order valence-corrected chi connectivity index (χ0v) is 18.9. The third-order valence-electron chi connectivity index (χ3n) is 6.77. The number of halogens is 1. The highest BCUT2D eigenvalue weighted by Crippen LogP contribution is 2.31. The maximum Gasteiger partial charge on any atom is 0.325 e. The number of para-hydroxylation sites is 1. The Kier molecular flexibility index (Phi) is 5.52. The number of fused-ring (bicyclic) bond motifs is 1. The molecular formula is C25H28FN5O2. The van der Waals surface area contributed by atoms with Crippen LogP contribution in [0.2, 0.25) is 0 Å². The van der Waals surface area contributed by atoms with Gasteiger partial charge in [0.15, 0.2) is 0 Å². The molecule has 0 bridgehead atoms. The first-order valence-corrected chi connectivity index (χ1v) is 11.5. The van der Waals surface area contributed by atoms with Crippen LogP contribution in [0.3, 0.4) is 0 Å². The summed E-state index contributed by atoms with van der Waals surface area (Å²) in [6, 6.07) is 12.1. The number of carbonyl (C=O) groups is 2. The maximum absolute atomic E-state index is 14.4. The fraction of sp³-hybridized carbons (Fsp3) is 0.400. The van der Waals surface area contributed by atoms with Gasteiger partial charge in [-0.05, 0) is 43.0 Å². The number of benzene rings is 2. The van der Waals surface area contributed by atoms with Crippen LogP contribution in [0.5, 0.6) is 0 Å². The Labute approximate surface area is 192 Å². The van der Waals surface area contributed by atoms with Crippen molar-refractivity contribution in [3.05, 3.63) is 54.5 Å². The topological polar surface area (TPSA) is 61.7 Å². The summed E-state index contributed by atoms with van der Waals surface area (Å²) >= 11 is 0. The Balaban J connectivity index is 1.38. The highest BCUT2D eigenvalue weighted by Gasteiger charge is 2.36. The van der Waals surface area contributed by atoms with Crippen LogP contribution in [0.15, 0.2) is 48.7 Å². The van der Waals surface area contributed by atoms with Crippen LogP contribution >= 0.6 is 0 Å². The average Bonchev–Trinajstić information content (AvgIpc) is 3.53. The molecule has 1 unspecified atom stereocenters. The molecule has 5 rings (SSSR count). The number of urea groups is 1. The van der Waals surface area contributed by atoms with Crippen molar-refractivity contribution in [2.45, 2.75) is 32.7 Å². The second-order valence-electron chi connectivity index (χ2n) is 9.11. The van der Waals surface area contributed by atoms with E-state index in [1.165, 1.54) is 6.07 Å². The van der Waals surface area contributed by atoms with Crippen LogP contribution in [-0.4, -0.2) is 63.7 Å². The quantitative estimate of drug-likeness (QED) is 0.590. The summed E-state index contributed by atoms with van der Waals surface area (Å²) in [6.45, 7) is 6.12. The average molecular weight is 450 g/mol. The minimum atomic E-state index is -0.364. The number of carbonyl (C=O) groups excluding carboxylic acids is 2. The number of hydrogen-bond acceptors (Lipinski definition) is 3. The van der Waals surface area contributed by atoms with Gasteiger partial charge in [0.1, 0.15) is 18.0 Å². The van der Waals surface area contributed by atoms with Gasteiger partial charge in [0.05, 0.1) is 17.4 Å². The molecule has 0 radical (unpaired) electrons. The zero-order valence-electron chi connectivity index (χ0n) is 18.9. The first-order valence-electron chi connectivity index (χ1n) is 11.5. The van der Waals surface area contributed by atoms with Crippen molar-refractivity contribution in [1.29, 1.82) is 0 Å². The van der Waals surface area contributed by atoms with Gasteiger partial charge in [-0.3, -0.25) is 9.69 Å². The highest BCUT2D eigenvalue weighted by molar-refractivity contribution is 6.04. The van der Waals surface area contributed by atoms with Crippen LogP contribution in [0.4, 0.5) is 14.9 Å². The molecule has 172 valence electrons. The van der Waals surface area contributed by atoms with Crippen LogP contribution < -0.4 is 4.90 Å². The lowest BCUT2D eigenvalue weighted by atomic mass is 10.0. The molecule has 3 aromatic rings. The van der Waals surface area contributed by atoms with Crippen molar-refractivity contribution in [3.8, 4) is 5.69 Å². The van der Waals surface area contributed by atoms with Gasteiger partial charge in [-0.25, -0.2) is 13.9 Å². The van der Waals surface area contributed by atoms with Gasteiger partial charge in [-0.15, -0.1) is 0 Å². The Morgan fingerprint density at radius 1 is 1.09 bits per heavy atom. The predicted molar refractivity (Wildman–Crippen MR) is 125 cm³/mol. The molecule has 33 heavy (non-hydrogen) atoms. The van der Waals surface area contributed by atoms with Crippen LogP contribution in [0.1, 0.15) is 26.7 Å². The molecule has 7 nitrogen and oxygen atoms in total. The lowest BCUT2D eigenvalue weighted by molar-refractivity contribution is -0.133. The van der Waals surface area contributed by atoms with Gasteiger partial charge >= 0.3 is 6.03 Å². The van der Waals surface area contributed by atoms with E-state index in [2.05, 4.69) is 18.9 Å². The van der Waals surface area contributed by atoms with Gasteiger partial charge in [0, 0.05) is 31.1 Å². The van der Waals surface area contributed by atoms with Crippen molar-refractivity contribution < 1.29 is 14.0 Å². The molecule has 1 aromatic heterocycles. The Hall–Kier alpha value is -3.42. The van der Waals surface area contributed by atoms with E-state index in [1.54, 1.807) is 38.9 Å². The molecule has 0 saturated carbocycles. The molecule has 2 aliphatic heterocycles. The van der Waals surface area contributed by atoms with Gasteiger partial charge in [-0.1, -0.05) is 32.0 Å². The van der Waals surface area contributed by atoms with Crippen molar-refractivity contribution in [1.82, 2.24) is 19.6 Å². The normalized spacial score (nSPS) is 18.8. The number of aromatic nitrogens is 2. The standard InChI is InChI=1S/C25H28FN5O2/c1-17(2)20-11-6-12-29(20)24(32)16-28-13-14-30(25(28)33)21-9-5-10-22-18(21)15-27-31(22)23-8-4-3-7-19(23)26/h3-5,7-10,15,17,20H,6,11-14,16H2,1-2H3. The predicted octanol–water partition coefficient (Wildman–Crippen LogP) is 4.05. The van der Waals surface area contributed by atoms with E-state index < -0.39 is 0 Å². The van der Waals surface area contributed by atoms with Crippen molar-refractivity contribution in [3.63, 3.8) is 0 Å². The summed E-state index contributed by atoms with van der Waals surface area (Å²) in [5, 5.41) is 5.16. The summed E-state index contributed by atoms with van der Waals surface area (Å²) in [6.07, 6.45) is 3.70. The highest BCUT2D eigenvalue weighted by atomic mass is 19.1. The molecular weight excluding hydrogens is 421 g/mol. The van der Waals surface area contributed by atoms with E-state index in [1.807, 2.05) is 23.1 Å². The van der Waals surface area contributed by atoms with Crippen LogP contribution in [0.25, 0.3) is 16.6 Å². The lowest BCUT2D eigenvalue weighted by Crippen LogP contribution is -2.45. The summed E-state index contributed by atoms with van der Waals surface area (Å²) in [4.78, 5) is 31.5. The minimum Gasteiger partial charge on any atom is -0.338 e. The smallest absolute Gasteiger partial charge is 0.325 e. The summed E-state index contributed by atoms with van der Waals surface area (Å²) in [5.74, 6) is 0.0641. The summed E-state index contributed by atoms with van der Waals surface area (Å²) in [7, 11) is 0. The third kappa shape index (κ3) is 3.73.